The molecule has 1 fully saturated rings. The summed E-state index contributed by atoms with van der Waals surface area (Å²) in [4.78, 5) is 1.96. The lowest BCUT2D eigenvalue weighted by Gasteiger charge is -2.26. The first kappa shape index (κ1) is 15.4. The number of aliphatic hydroxyl groups is 1. The molecule has 0 aromatic heterocycles. The van der Waals surface area contributed by atoms with Gasteiger partial charge < -0.3 is 14.6 Å². The monoisotopic (exact) mass is 256 g/mol. The van der Waals surface area contributed by atoms with Gasteiger partial charge in [-0.1, -0.05) is 6.92 Å². The van der Waals surface area contributed by atoms with E-state index in [1.54, 1.807) is 0 Å². The van der Waals surface area contributed by atoms with Crippen molar-refractivity contribution in [2.45, 2.75) is 38.4 Å². The minimum absolute atomic E-state index is 0.212. The Hall–Kier alpha value is -0.670. The number of ether oxygens (including phenoxy) is 2. The maximum absolute atomic E-state index is 9.90. The van der Waals surface area contributed by atoms with Gasteiger partial charge in [0.25, 0.3) is 0 Å². The molecule has 0 amide bonds. The van der Waals surface area contributed by atoms with Crippen molar-refractivity contribution in [1.82, 2.24) is 4.90 Å². The fourth-order valence-electron chi connectivity index (χ4n) is 2.09. The number of nitriles is 1. The molecule has 0 aliphatic carbocycles. The zero-order chi connectivity index (χ0) is 13.2. The summed E-state index contributed by atoms with van der Waals surface area (Å²) in [5.74, 6) is 0. The van der Waals surface area contributed by atoms with E-state index >= 15 is 0 Å². The molecule has 1 aliphatic heterocycles. The van der Waals surface area contributed by atoms with Gasteiger partial charge in [-0.2, -0.15) is 5.26 Å². The molecule has 5 nitrogen and oxygen atoms in total. The molecule has 1 saturated heterocycles. The maximum atomic E-state index is 9.90. The van der Waals surface area contributed by atoms with E-state index in [0.717, 1.165) is 39.0 Å². The predicted molar refractivity (Wildman–Crippen MR) is 68.1 cm³/mol. The molecule has 0 saturated carbocycles. The van der Waals surface area contributed by atoms with E-state index in [0.29, 0.717) is 19.7 Å². The van der Waals surface area contributed by atoms with Crippen molar-refractivity contribution < 1.29 is 14.6 Å². The van der Waals surface area contributed by atoms with Crippen molar-refractivity contribution >= 4 is 0 Å². The molecule has 0 aromatic rings. The molecule has 0 radical (unpaired) electrons. The zero-order valence-electron chi connectivity index (χ0n) is 11.2. The third-order valence-electron chi connectivity index (χ3n) is 3.00. The van der Waals surface area contributed by atoms with Gasteiger partial charge in [0.15, 0.2) is 0 Å². The lowest BCUT2D eigenvalue weighted by molar-refractivity contribution is -0.0636. The summed E-state index contributed by atoms with van der Waals surface area (Å²) >= 11 is 0. The molecule has 5 heteroatoms. The Morgan fingerprint density at radius 2 is 2.22 bits per heavy atom. The van der Waals surface area contributed by atoms with Gasteiger partial charge in [-0.05, 0) is 25.8 Å². The van der Waals surface area contributed by atoms with Gasteiger partial charge in [0, 0.05) is 19.8 Å². The summed E-state index contributed by atoms with van der Waals surface area (Å²) in [7, 11) is 0. The summed E-state index contributed by atoms with van der Waals surface area (Å²) in [6, 6.07) is 2.12. The van der Waals surface area contributed by atoms with E-state index in [2.05, 4.69) is 13.0 Å². The van der Waals surface area contributed by atoms with Gasteiger partial charge >= 0.3 is 0 Å². The second-order valence-corrected chi connectivity index (χ2v) is 4.69. The second-order valence-electron chi connectivity index (χ2n) is 4.69. The molecule has 1 unspecified atom stereocenters. The Morgan fingerprint density at radius 1 is 1.50 bits per heavy atom. The molecule has 0 bridgehead atoms. The Kier molecular flexibility index (Phi) is 7.94. The minimum Gasteiger partial charge on any atom is -0.389 e. The highest BCUT2D eigenvalue weighted by atomic mass is 16.5. The van der Waals surface area contributed by atoms with Gasteiger partial charge in [0.1, 0.15) is 0 Å². The van der Waals surface area contributed by atoms with Crippen LogP contribution in [-0.4, -0.2) is 61.7 Å². The van der Waals surface area contributed by atoms with Crippen LogP contribution in [0.5, 0.6) is 0 Å². The lowest BCUT2D eigenvalue weighted by Crippen LogP contribution is -2.37. The molecule has 1 N–H and O–H groups in total. The van der Waals surface area contributed by atoms with E-state index in [4.69, 9.17) is 14.7 Å². The third kappa shape index (κ3) is 6.31. The summed E-state index contributed by atoms with van der Waals surface area (Å²) < 4.78 is 10.9. The normalized spacial score (nSPS) is 18.8. The zero-order valence-corrected chi connectivity index (χ0v) is 11.2. The average Bonchev–Trinajstić information content (AvgIpc) is 2.38. The van der Waals surface area contributed by atoms with Crippen molar-refractivity contribution in [2.24, 2.45) is 0 Å². The Bertz CT molecular complexity index is 249. The number of hydrogen-bond donors (Lipinski definition) is 1. The van der Waals surface area contributed by atoms with Crippen molar-refractivity contribution in [2.75, 3.05) is 39.5 Å². The molecule has 0 aromatic carbocycles. The first-order valence-electron chi connectivity index (χ1n) is 6.73. The SMILES string of the molecule is CCCN(CC#N)CC(O)COC1CCOCC1. The van der Waals surface area contributed by atoms with Crippen LogP contribution in [0.15, 0.2) is 0 Å². The summed E-state index contributed by atoms with van der Waals surface area (Å²) in [6.45, 7) is 5.61. The van der Waals surface area contributed by atoms with E-state index < -0.39 is 6.10 Å². The van der Waals surface area contributed by atoms with Crippen LogP contribution in [0.1, 0.15) is 26.2 Å². The van der Waals surface area contributed by atoms with Crippen LogP contribution in [0.4, 0.5) is 0 Å². The quantitative estimate of drug-likeness (QED) is 0.650. The van der Waals surface area contributed by atoms with Gasteiger partial charge in [-0.25, -0.2) is 0 Å². The number of nitrogens with zero attached hydrogens (tertiary/aromatic N) is 2. The third-order valence-corrected chi connectivity index (χ3v) is 3.00. The fourth-order valence-corrected chi connectivity index (χ4v) is 2.09. The van der Waals surface area contributed by atoms with Gasteiger partial charge in [-0.3, -0.25) is 4.90 Å². The molecule has 0 spiro atoms. The highest BCUT2D eigenvalue weighted by molar-refractivity contribution is 4.78. The van der Waals surface area contributed by atoms with Crippen LogP contribution in [0.2, 0.25) is 0 Å². The van der Waals surface area contributed by atoms with Crippen molar-refractivity contribution in [3.05, 3.63) is 0 Å². The van der Waals surface area contributed by atoms with Crippen molar-refractivity contribution in [3.63, 3.8) is 0 Å². The van der Waals surface area contributed by atoms with Gasteiger partial charge in [0.05, 0.1) is 31.4 Å². The van der Waals surface area contributed by atoms with E-state index in [1.807, 2.05) is 4.90 Å². The Morgan fingerprint density at radius 3 is 2.83 bits per heavy atom. The van der Waals surface area contributed by atoms with Crippen LogP contribution >= 0.6 is 0 Å². The molecule has 1 heterocycles. The Labute approximate surface area is 109 Å². The summed E-state index contributed by atoms with van der Waals surface area (Å²) in [6.07, 6.45) is 2.49. The number of rotatable bonds is 8. The first-order chi connectivity index (χ1) is 8.76. The summed E-state index contributed by atoms with van der Waals surface area (Å²) in [5.41, 5.74) is 0. The predicted octanol–water partition coefficient (Wildman–Crippen LogP) is 0.778. The van der Waals surface area contributed by atoms with Crippen LogP contribution < -0.4 is 0 Å². The molecular formula is C13H24N2O3. The standard InChI is InChI=1S/C13H24N2O3/c1-2-6-15(7-5-14)10-12(16)11-18-13-3-8-17-9-4-13/h12-13,16H,2-4,6-11H2,1H3. The second kappa shape index (κ2) is 9.29. The molecule has 1 aliphatic rings. The molecule has 104 valence electrons. The highest BCUT2D eigenvalue weighted by Crippen LogP contribution is 2.11. The lowest BCUT2D eigenvalue weighted by atomic mass is 10.1. The first-order valence-corrected chi connectivity index (χ1v) is 6.73. The highest BCUT2D eigenvalue weighted by Gasteiger charge is 2.17. The van der Waals surface area contributed by atoms with E-state index in [1.165, 1.54) is 0 Å². The van der Waals surface area contributed by atoms with Crippen LogP contribution in [-0.2, 0) is 9.47 Å². The van der Waals surface area contributed by atoms with Crippen LogP contribution in [0.25, 0.3) is 0 Å². The maximum Gasteiger partial charge on any atom is 0.0900 e. The molecule has 18 heavy (non-hydrogen) atoms. The van der Waals surface area contributed by atoms with Gasteiger partial charge in [0.2, 0.25) is 0 Å². The Balaban J connectivity index is 2.18. The molecule has 1 atom stereocenters. The van der Waals surface area contributed by atoms with Crippen molar-refractivity contribution in [3.8, 4) is 6.07 Å². The van der Waals surface area contributed by atoms with Gasteiger partial charge in [-0.15, -0.1) is 0 Å². The van der Waals surface area contributed by atoms with Crippen LogP contribution in [0, 0.1) is 11.3 Å². The fraction of sp³-hybridized carbons (Fsp3) is 0.923. The van der Waals surface area contributed by atoms with Crippen LogP contribution in [0.3, 0.4) is 0 Å². The van der Waals surface area contributed by atoms with Crippen molar-refractivity contribution in [1.29, 1.82) is 5.26 Å². The van der Waals surface area contributed by atoms with E-state index in [-0.39, 0.29) is 6.10 Å². The molecular weight excluding hydrogens is 232 g/mol. The molecule has 1 rings (SSSR count). The number of hydrogen-bond acceptors (Lipinski definition) is 5. The summed E-state index contributed by atoms with van der Waals surface area (Å²) in [5, 5.41) is 18.6. The minimum atomic E-state index is -0.521. The number of aliphatic hydroxyl groups excluding tert-OH is 1. The smallest absolute Gasteiger partial charge is 0.0900 e. The topological polar surface area (TPSA) is 65.7 Å². The average molecular weight is 256 g/mol. The van der Waals surface area contributed by atoms with E-state index in [9.17, 15) is 5.11 Å². The largest absolute Gasteiger partial charge is 0.389 e.